The van der Waals surface area contributed by atoms with E-state index in [1.165, 1.54) is 12.8 Å². The van der Waals surface area contributed by atoms with Crippen molar-refractivity contribution < 1.29 is 9.53 Å². The van der Waals surface area contributed by atoms with Crippen molar-refractivity contribution in [3.05, 3.63) is 0 Å². The fourth-order valence-corrected chi connectivity index (χ4v) is 1.93. The van der Waals surface area contributed by atoms with Crippen LogP contribution in [-0.2, 0) is 9.53 Å². The van der Waals surface area contributed by atoms with E-state index in [0.29, 0.717) is 6.04 Å². The molecule has 2 rings (SSSR count). The monoisotopic (exact) mass is 211 g/mol. The van der Waals surface area contributed by atoms with Gasteiger partial charge >= 0.3 is 5.97 Å². The van der Waals surface area contributed by atoms with Crippen LogP contribution in [0.25, 0.3) is 0 Å². The van der Waals surface area contributed by atoms with Crippen molar-refractivity contribution in [1.29, 1.82) is 0 Å². The van der Waals surface area contributed by atoms with Crippen molar-refractivity contribution >= 4 is 5.97 Å². The first kappa shape index (κ1) is 10.9. The Kier molecular flexibility index (Phi) is 2.53. The van der Waals surface area contributed by atoms with Crippen LogP contribution in [0.3, 0.4) is 0 Å². The summed E-state index contributed by atoms with van der Waals surface area (Å²) in [5.41, 5.74) is -0.709. The second kappa shape index (κ2) is 3.48. The van der Waals surface area contributed by atoms with Gasteiger partial charge in [-0.2, -0.15) is 0 Å². The maximum absolute atomic E-state index is 12.0. The molecule has 2 aliphatic carbocycles. The SMILES string of the molecule is CC(C)(C)OC(=O)C1(NC2CC2)CCC1. The van der Waals surface area contributed by atoms with Crippen LogP contribution in [0.5, 0.6) is 0 Å². The Balaban J connectivity index is 1.95. The van der Waals surface area contributed by atoms with Crippen molar-refractivity contribution in [2.75, 3.05) is 0 Å². The van der Waals surface area contributed by atoms with E-state index in [1.54, 1.807) is 0 Å². The first-order valence-corrected chi connectivity index (χ1v) is 5.92. The third kappa shape index (κ3) is 2.51. The second-order valence-corrected chi connectivity index (χ2v) is 5.86. The highest BCUT2D eigenvalue weighted by atomic mass is 16.6. The maximum atomic E-state index is 12.0. The van der Waals surface area contributed by atoms with E-state index in [1.807, 2.05) is 20.8 Å². The molecular weight excluding hydrogens is 190 g/mol. The van der Waals surface area contributed by atoms with E-state index in [0.717, 1.165) is 19.3 Å². The Morgan fingerprint density at radius 1 is 1.33 bits per heavy atom. The average Bonchev–Trinajstić information content (AvgIpc) is 2.75. The number of hydrogen-bond donors (Lipinski definition) is 1. The van der Waals surface area contributed by atoms with Gasteiger partial charge in [-0.05, 0) is 52.9 Å². The largest absolute Gasteiger partial charge is 0.459 e. The summed E-state index contributed by atoms with van der Waals surface area (Å²) in [5, 5.41) is 3.45. The summed E-state index contributed by atoms with van der Waals surface area (Å²) in [6.45, 7) is 5.77. The van der Waals surface area contributed by atoms with Crippen molar-refractivity contribution in [3.8, 4) is 0 Å². The molecule has 2 saturated carbocycles. The molecule has 2 aliphatic rings. The number of esters is 1. The predicted molar refractivity (Wildman–Crippen MR) is 58.6 cm³/mol. The molecule has 0 radical (unpaired) electrons. The lowest BCUT2D eigenvalue weighted by Crippen LogP contribution is -2.59. The van der Waals surface area contributed by atoms with Gasteiger partial charge in [0.1, 0.15) is 11.1 Å². The molecule has 0 bridgehead atoms. The smallest absolute Gasteiger partial charge is 0.326 e. The summed E-state index contributed by atoms with van der Waals surface area (Å²) in [6.07, 6.45) is 5.45. The first-order chi connectivity index (χ1) is 6.91. The van der Waals surface area contributed by atoms with Crippen LogP contribution in [0.15, 0.2) is 0 Å². The van der Waals surface area contributed by atoms with Crippen molar-refractivity contribution in [3.63, 3.8) is 0 Å². The van der Waals surface area contributed by atoms with Gasteiger partial charge in [-0.15, -0.1) is 0 Å². The molecule has 1 N–H and O–H groups in total. The average molecular weight is 211 g/mol. The van der Waals surface area contributed by atoms with Crippen LogP contribution in [-0.4, -0.2) is 23.2 Å². The van der Waals surface area contributed by atoms with Gasteiger partial charge in [0.25, 0.3) is 0 Å². The molecular formula is C12H21NO2. The van der Waals surface area contributed by atoms with E-state index >= 15 is 0 Å². The van der Waals surface area contributed by atoms with Crippen molar-refractivity contribution in [1.82, 2.24) is 5.32 Å². The van der Waals surface area contributed by atoms with Gasteiger partial charge in [-0.1, -0.05) is 0 Å². The van der Waals surface area contributed by atoms with Crippen LogP contribution in [0.2, 0.25) is 0 Å². The Labute approximate surface area is 91.6 Å². The van der Waals surface area contributed by atoms with Gasteiger partial charge in [-0.25, -0.2) is 0 Å². The third-order valence-corrected chi connectivity index (χ3v) is 3.05. The standard InChI is InChI=1S/C12H21NO2/c1-11(2,3)15-10(14)12(7-4-8-12)13-9-5-6-9/h9,13H,4-8H2,1-3H3. The first-order valence-electron chi connectivity index (χ1n) is 5.92. The molecule has 2 fully saturated rings. The summed E-state index contributed by atoms with van der Waals surface area (Å²) < 4.78 is 5.47. The molecule has 3 nitrogen and oxygen atoms in total. The van der Waals surface area contributed by atoms with Crippen molar-refractivity contribution in [2.24, 2.45) is 0 Å². The number of carbonyl (C=O) groups is 1. The van der Waals surface area contributed by atoms with Crippen LogP contribution in [0.4, 0.5) is 0 Å². The minimum atomic E-state index is -0.370. The van der Waals surface area contributed by atoms with E-state index in [2.05, 4.69) is 5.32 Å². The van der Waals surface area contributed by atoms with Gasteiger partial charge in [0.2, 0.25) is 0 Å². The minimum absolute atomic E-state index is 0.0480. The van der Waals surface area contributed by atoms with Gasteiger partial charge in [0.15, 0.2) is 0 Å². The highest BCUT2D eigenvalue weighted by molar-refractivity contribution is 5.82. The van der Waals surface area contributed by atoms with Crippen LogP contribution >= 0.6 is 0 Å². The zero-order valence-electron chi connectivity index (χ0n) is 9.93. The van der Waals surface area contributed by atoms with Gasteiger partial charge < -0.3 is 4.74 Å². The molecule has 3 heteroatoms. The molecule has 0 spiro atoms. The molecule has 0 heterocycles. The molecule has 0 unspecified atom stereocenters. The highest BCUT2D eigenvalue weighted by Gasteiger charge is 2.49. The number of nitrogens with one attached hydrogen (secondary N) is 1. The Morgan fingerprint density at radius 2 is 1.93 bits per heavy atom. The number of rotatable bonds is 3. The fraction of sp³-hybridized carbons (Fsp3) is 0.917. The second-order valence-electron chi connectivity index (χ2n) is 5.86. The lowest BCUT2D eigenvalue weighted by atomic mass is 9.76. The van der Waals surface area contributed by atoms with E-state index in [9.17, 15) is 4.79 Å². The summed E-state index contributed by atoms with van der Waals surface area (Å²) >= 11 is 0. The van der Waals surface area contributed by atoms with E-state index in [-0.39, 0.29) is 17.1 Å². The molecule has 86 valence electrons. The van der Waals surface area contributed by atoms with Crippen LogP contribution in [0.1, 0.15) is 52.9 Å². The maximum Gasteiger partial charge on any atom is 0.326 e. The zero-order chi connectivity index (χ0) is 11.1. The summed E-state index contributed by atoms with van der Waals surface area (Å²) in [4.78, 5) is 12.0. The lowest BCUT2D eigenvalue weighted by molar-refractivity contribution is -0.167. The lowest BCUT2D eigenvalue weighted by Gasteiger charge is -2.41. The fourth-order valence-electron chi connectivity index (χ4n) is 1.93. The van der Waals surface area contributed by atoms with Crippen LogP contribution in [0, 0.1) is 0 Å². The molecule has 15 heavy (non-hydrogen) atoms. The highest BCUT2D eigenvalue weighted by Crippen LogP contribution is 2.37. The molecule has 0 atom stereocenters. The van der Waals surface area contributed by atoms with Crippen LogP contribution < -0.4 is 5.32 Å². The van der Waals surface area contributed by atoms with Crippen molar-refractivity contribution in [2.45, 2.75) is 70.1 Å². The van der Waals surface area contributed by atoms with E-state index < -0.39 is 0 Å². The van der Waals surface area contributed by atoms with E-state index in [4.69, 9.17) is 4.74 Å². The minimum Gasteiger partial charge on any atom is -0.459 e. The molecule has 0 aliphatic heterocycles. The predicted octanol–water partition coefficient (Wildman–Crippen LogP) is 2.00. The number of hydrogen-bond acceptors (Lipinski definition) is 3. The number of ether oxygens (including phenoxy) is 1. The Morgan fingerprint density at radius 3 is 2.27 bits per heavy atom. The number of carbonyl (C=O) groups excluding carboxylic acids is 1. The molecule has 0 amide bonds. The topological polar surface area (TPSA) is 38.3 Å². The molecule has 0 saturated heterocycles. The summed E-state index contributed by atoms with van der Waals surface area (Å²) in [7, 11) is 0. The zero-order valence-corrected chi connectivity index (χ0v) is 9.93. The van der Waals surface area contributed by atoms with Gasteiger partial charge in [0.05, 0.1) is 0 Å². The van der Waals surface area contributed by atoms with Gasteiger partial charge in [0, 0.05) is 6.04 Å². The quantitative estimate of drug-likeness (QED) is 0.726. The molecule has 0 aromatic carbocycles. The third-order valence-electron chi connectivity index (χ3n) is 3.05. The molecule has 0 aromatic rings. The molecule has 0 aromatic heterocycles. The summed E-state index contributed by atoms with van der Waals surface area (Å²) in [6, 6.07) is 0.567. The van der Waals surface area contributed by atoms with Gasteiger partial charge in [-0.3, -0.25) is 10.1 Å². The Hall–Kier alpha value is -0.570. The Bertz CT molecular complexity index is 259. The normalized spacial score (nSPS) is 24.5. The summed E-state index contributed by atoms with van der Waals surface area (Å²) in [5.74, 6) is -0.0480.